The van der Waals surface area contributed by atoms with Gasteiger partial charge in [0.15, 0.2) is 16.8 Å². The van der Waals surface area contributed by atoms with E-state index in [1.807, 2.05) is 17.5 Å². The number of thiophene rings is 1. The van der Waals surface area contributed by atoms with Crippen molar-refractivity contribution in [1.29, 1.82) is 0 Å². The number of hydrogen-bond acceptors (Lipinski definition) is 6. The smallest absolute Gasteiger partial charge is 0.236 e. The molecule has 6 nitrogen and oxygen atoms in total. The first-order valence-electron chi connectivity index (χ1n) is 8.26. The lowest BCUT2D eigenvalue weighted by atomic mass is 10.3. The molecule has 0 radical (unpaired) electrons. The standard InChI is InChI=1S/C17H15Cl2N5OS2/c1-9-11(18)7-20-15(14(9)19)21-13(25)8-27-17-23-22-16(12-3-2-6-26-12)24(17)10-4-5-10/h2-3,6-7,10H,4-5,8H2,1H3,(H,20,21,25). The molecule has 0 aliphatic heterocycles. The molecule has 1 aliphatic carbocycles. The minimum atomic E-state index is -0.209. The SMILES string of the molecule is Cc1c(Cl)cnc(NC(=O)CSc2nnc(-c3cccs3)n2C2CC2)c1Cl. The largest absolute Gasteiger partial charge is 0.309 e. The Labute approximate surface area is 174 Å². The second-order valence-corrected chi connectivity index (χ2v) is 8.79. The number of anilines is 1. The van der Waals surface area contributed by atoms with Crippen molar-refractivity contribution in [3.8, 4) is 10.7 Å². The van der Waals surface area contributed by atoms with Gasteiger partial charge in [-0.15, -0.1) is 21.5 Å². The van der Waals surface area contributed by atoms with Gasteiger partial charge < -0.3 is 5.32 Å². The van der Waals surface area contributed by atoms with Gasteiger partial charge in [0.25, 0.3) is 0 Å². The zero-order chi connectivity index (χ0) is 19.0. The molecule has 0 bridgehead atoms. The monoisotopic (exact) mass is 439 g/mol. The number of rotatable bonds is 6. The highest BCUT2D eigenvalue weighted by atomic mass is 35.5. The highest BCUT2D eigenvalue weighted by Crippen LogP contribution is 2.41. The van der Waals surface area contributed by atoms with Crippen molar-refractivity contribution in [2.75, 3.05) is 11.1 Å². The van der Waals surface area contributed by atoms with Gasteiger partial charge in [-0.1, -0.05) is 41.0 Å². The summed E-state index contributed by atoms with van der Waals surface area (Å²) in [6, 6.07) is 4.44. The van der Waals surface area contributed by atoms with Gasteiger partial charge in [-0.3, -0.25) is 9.36 Å². The number of halogens is 2. The van der Waals surface area contributed by atoms with Crippen LogP contribution in [0, 0.1) is 6.92 Å². The number of amides is 1. The maximum Gasteiger partial charge on any atom is 0.236 e. The zero-order valence-electron chi connectivity index (χ0n) is 14.3. The second kappa shape index (κ2) is 7.79. The maximum absolute atomic E-state index is 12.3. The third-order valence-corrected chi connectivity index (χ3v) is 6.76. The van der Waals surface area contributed by atoms with E-state index in [1.165, 1.54) is 18.0 Å². The van der Waals surface area contributed by atoms with Crippen LogP contribution in [0.2, 0.25) is 10.0 Å². The van der Waals surface area contributed by atoms with Crippen LogP contribution >= 0.6 is 46.3 Å². The molecule has 0 saturated heterocycles. The fourth-order valence-corrected chi connectivity index (χ4v) is 4.45. The van der Waals surface area contributed by atoms with Crippen LogP contribution in [-0.4, -0.2) is 31.4 Å². The molecule has 3 aromatic rings. The number of hydrogen-bond donors (Lipinski definition) is 1. The zero-order valence-corrected chi connectivity index (χ0v) is 17.4. The topological polar surface area (TPSA) is 72.7 Å². The first-order valence-corrected chi connectivity index (χ1v) is 10.9. The Kier molecular flexibility index (Phi) is 5.41. The van der Waals surface area contributed by atoms with Gasteiger partial charge in [-0.2, -0.15) is 0 Å². The molecule has 1 aliphatic rings. The third-order valence-electron chi connectivity index (χ3n) is 4.11. The molecule has 1 N–H and O–H groups in total. The van der Waals surface area contributed by atoms with Crippen LogP contribution in [0.15, 0.2) is 28.9 Å². The summed E-state index contributed by atoms with van der Waals surface area (Å²) in [5, 5.41) is 15.0. The Morgan fingerprint density at radius 3 is 2.93 bits per heavy atom. The van der Waals surface area contributed by atoms with E-state index in [1.54, 1.807) is 18.3 Å². The van der Waals surface area contributed by atoms with Gasteiger partial charge in [0.1, 0.15) is 0 Å². The number of nitrogens with zero attached hydrogens (tertiary/aromatic N) is 4. The average Bonchev–Trinajstić information content (AvgIpc) is 3.18. The number of carbonyl (C=O) groups is 1. The van der Waals surface area contributed by atoms with Crippen molar-refractivity contribution in [2.24, 2.45) is 0 Å². The van der Waals surface area contributed by atoms with Crippen molar-refractivity contribution in [1.82, 2.24) is 19.7 Å². The average molecular weight is 440 g/mol. The molecule has 1 saturated carbocycles. The van der Waals surface area contributed by atoms with E-state index in [-0.39, 0.29) is 11.7 Å². The summed E-state index contributed by atoms with van der Waals surface area (Å²) in [4.78, 5) is 17.5. The number of thioether (sulfide) groups is 1. The van der Waals surface area contributed by atoms with E-state index in [2.05, 4.69) is 25.1 Å². The fraction of sp³-hybridized carbons (Fsp3) is 0.294. The summed E-state index contributed by atoms with van der Waals surface area (Å²) in [5.74, 6) is 1.16. The first-order chi connectivity index (χ1) is 13.0. The molecule has 3 aromatic heterocycles. The fourth-order valence-electron chi connectivity index (χ4n) is 2.55. The van der Waals surface area contributed by atoms with E-state index in [9.17, 15) is 4.79 Å². The lowest BCUT2D eigenvalue weighted by Gasteiger charge is -2.10. The van der Waals surface area contributed by atoms with E-state index in [4.69, 9.17) is 23.2 Å². The number of nitrogens with one attached hydrogen (secondary N) is 1. The van der Waals surface area contributed by atoms with Gasteiger partial charge in [0, 0.05) is 12.2 Å². The quantitative estimate of drug-likeness (QED) is 0.541. The minimum Gasteiger partial charge on any atom is -0.309 e. The third kappa shape index (κ3) is 3.99. The summed E-state index contributed by atoms with van der Waals surface area (Å²) in [6.07, 6.45) is 3.70. The van der Waals surface area contributed by atoms with Crippen LogP contribution in [0.1, 0.15) is 24.4 Å². The normalized spacial score (nSPS) is 13.7. The van der Waals surface area contributed by atoms with Crippen LogP contribution < -0.4 is 5.32 Å². The van der Waals surface area contributed by atoms with Gasteiger partial charge in [0.05, 0.1) is 20.7 Å². The Balaban J connectivity index is 1.46. The molecule has 0 spiro atoms. The van der Waals surface area contributed by atoms with Crippen molar-refractivity contribution in [3.05, 3.63) is 39.3 Å². The van der Waals surface area contributed by atoms with Crippen LogP contribution in [0.25, 0.3) is 10.7 Å². The van der Waals surface area contributed by atoms with E-state index in [0.717, 1.165) is 28.7 Å². The second-order valence-electron chi connectivity index (χ2n) is 6.12. The molecule has 1 amide bonds. The summed E-state index contributed by atoms with van der Waals surface area (Å²) >= 11 is 15.2. The molecular formula is C17H15Cl2N5OS2. The molecule has 3 heterocycles. The number of carbonyl (C=O) groups excluding carboxylic acids is 1. The predicted molar refractivity (Wildman–Crippen MR) is 110 cm³/mol. The van der Waals surface area contributed by atoms with Crippen LogP contribution in [-0.2, 0) is 4.79 Å². The Hall–Kier alpha value is -1.61. The molecule has 10 heteroatoms. The Morgan fingerprint density at radius 1 is 1.41 bits per heavy atom. The lowest BCUT2D eigenvalue weighted by Crippen LogP contribution is -2.16. The highest BCUT2D eigenvalue weighted by Gasteiger charge is 2.30. The Morgan fingerprint density at radius 2 is 2.22 bits per heavy atom. The number of pyridine rings is 1. The van der Waals surface area contributed by atoms with Crippen molar-refractivity contribution < 1.29 is 4.79 Å². The molecule has 1 fully saturated rings. The van der Waals surface area contributed by atoms with Crippen LogP contribution in [0.4, 0.5) is 5.82 Å². The van der Waals surface area contributed by atoms with E-state index >= 15 is 0 Å². The van der Waals surface area contributed by atoms with Gasteiger partial charge >= 0.3 is 0 Å². The summed E-state index contributed by atoms with van der Waals surface area (Å²) in [6.45, 7) is 1.78. The highest BCUT2D eigenvalue weighted by molar-refractivity contribution is 7.99. The van der Waals surface area contributed by atoms with E-state index in [0.29, 0.717) is 27.5 Å². The Bertz CT molecular complexity index is 986. The maximum atomic E-state index is 12.3. The predicted octanol–water partition coefficient (Wildman–Crippen LogP) is 5.08. The van der Waals surface area contributed by atoms with Crippen molar-refractivity contribution in [2.45, 2.75) is 31.0 Å². The van der Waals surface area contributed by atoms with Gasteiger partial charge in [-0.05, 0) is 36.8 Å². The molecule has 0 aromatic carbocycles. The number of aromatic nitrogens is 4. The molecule has 140 valence electrons. The molecule has 0 unspecified atom stereocenters. The first kappa shape index (κ1) is 18.7. The van der Waals surface area contributed by atoms with Crippen LogP contribution in [0.3, 0.4) is 0 Å². The summed E-state index contributed by atoms with van der Waals surface area (Å²) in [7, 11) is 0. The molecule has 4 rings (SSSR count). The lowest BCUT2D eigenvalue weighted by molar-refractivity contribution is -0.113. The van der Waals surface area contributed by atoms with Crippen LogP contribution in [0.5, 0.6) is 0 Å². The summed E-state index contributed by atoms with van der Waals surface area (Å²) in [5.41, 5.74) is 0.686. The minimum absolute atomic E-state index is 0.189. The summed E-state index contributed by atoms with van der Waals surface area (Å²) < 4.78 is 2.14. The van der Waals surface area contributed by atoms with Crippen molar-refractivity contribution in [3.63, 3.8) is 0 Å². The molecule has 27 heavy (non-hydrogen) atoms. The van der Waals surface area contributed by atoms with Crippen molar-refractivity contribution >= 4 is 58.0 Å². The van der Waals surface area contributed by atoms with Gasteiger partial charge in [0.2, 0.25) is 5.91 Å². The molecular weight excluding hydrogens is 425 g/mol. The van der Waals surface area contributed by atoms with Gasteiger partial charge in [-0.25, -0.2) is 4.98 Å². The van der Waals surface area contributed by atoms with E-state index < -0.39 is 0 Å². The molecule has 0 atom stereocenters.